The van der Waals surface area contributed by atoms with Crippen LogP contribution in [0.25, 0.3) is 0 Å². The Kier molecular flexibility index (Phi) is 7.30. The molecule has 3 unspecified atom stereocenters. The van der Waals surface area contributed by atoms with Gasteiger partial charge in [0, 0.05) is 26.2 Å². The lowest BCUT2D eigenvalue weighted by Gasteiger charge is -2.24. The average Bonchev–Trinajstić information content (AvgIpc) is 3.11. The van der Waals surface area contributed by atoms with Gasteiger partial charge in [0.1, 0.15) is 0 Å². The first-order chi connectivity index (χ1) is 8.21. The zero-order valence-corrected chi connectivity index (χ0v) is 12.6. The number of hydrogen-bond acceptors (Lipinski definition) is 4. The first-order valence-corrected chi connectivity index (χ1v) is 8.11. The standard InChI is InChI=1S/C12H26O4Si/c1-5-6-12(17(13-3)14-4)9-15-10(2)7-11-8-16-11/h10-12,17H,5-9H2,1-4H3. The fourth-order valence-corrected chi connectivity index (χ4v) is 3.92. The van der Waals surface area contributed by atoms with Crippen LogP contribution in [-0.2, 0) is 18.3 Å². The molecule has 17 heavy (non-hydrogen) atoms. The molecule has 1 aliphatic rings. The van der Waals surface area contributed by atoms with Crippen molar-refractivity contribution in [3.05, 3.63) is 0 Å². The molecule has 102 valence electrons. The molecule has 1 rings (SSSR count). The molecule has 0 aliphatic carbocycles. The molecule has 1 aliphatic heterocycles. The van der Waals surface area contributed by atoms with Gasteiger partial charge in [0.15, 0.2) is 0 Å². The van der Waals surface area contributed by atoms with E-state index >= 15 is 0 Å². The summed E-state index contributed by atoms with van der Waals surface area (Å²) in [6.07, 6.45) is 3.97. The Labute approximate surface area is 106 Å². The van der Waals surface area contributed by atoms with E-state index in [1.807, 2.05) is 0 Å². The Bertz CT molecular complexity index is 195. The lowest BCUT2D eigenvalue weighted by atomic mass is 10.2. The van der Waals surface area contributed by atoms with Crippen LogP contribution in [-0.4, -0.2) is 48.9 Å². The van der Waals surface area contributed by atoms with Crippen LogP contribution in [0.1, 0.15) is 33.1 Å². The molecule has 0 saturated carbocycles. The molecule has 0 bridgehead atoms. The minimum atomic E-state index is -1.56. The van der Waals surface area contributed by atoms with E-state index in [0.717, 1.165) is 32.5 Å². The van der Waals surface area contributed by atoms with Gasteiger partial charge in [-0.15, -0.1) is 0 Å². The highest BCUT2D eigenvalue weighted by atomic mass is 28.3. The van der Waals surface area contributed by atoms with Crippen molar-refractivity contribution in [1.82, 2.24) is 0 Å². The summed E-state index contributed by atoms with van der Waals surface area (Å²) >= 11 is 0. The van der Waals surface area contributed by atoms with Crippen molar-refractivity contribution in [3.63, 3.8) is 0 Å². The van der Waals surface area contributed by atoms with E-state index in [2.05, 4.69) is 13.8 Å². The fraction of sp³-hybridized carbons (Fsp3) is 1.00. The van der Waals surface area contributed by atoms with E-state index in [9.17, 15) is 0 Å². The predicted octanol–water partition coefficient (Wildman–Crippen LogP) is 1.86. The molecule has 0 radical (unpaired) electrons. The summed E-state index contributed by atoms with van der Waals surface area (Å²) in [4.78, 5) is 0. The number of ether oxygens (including phenoxy) is 2. The topological polar surface area (TPSA) is 40.2 Å². The zero-order chi connectivity index (χ0) is 12.7. The molecule has 0 aromatic heterocycles. The van der Waals surface area contributed by atoms with E-state index in [1.54, 1.807) is 14.2 Å². The summed E-state index contributed by atoms with van der Waals surface area (Å²) < 4.78 is 22.0. The molecule has 5 heteroatoms. The van der Waals surface area contributed by atoms with Crippen molar-refractivity contribution in [2.75, 3.05) is 27.4 Å². The first-order valence-electron chi connectivity index (χ1n) is 6.50. The zero-order valence-electron chi connectivity index (χ0n) is 11.5. The molecule has 1 saturated heterocycles. The SMILES string of the molecule is CCCC(COC(C)CC1CO1)[SiH](OC)OC. The van der Waals surface area contributed by atoms with Crippen LogP contribution >= 0.6 is 0 Å². The minimum absolute atomic E-state index is 0.269. The maximum atomic E-state index is 5.89. The largest absolute Gasteiger partial charge is 0.400 e. The molecule has 1 heterocycles. The van der Waals surface area contributed by atoms with Gasteiger partial charge < -0.3 is 18.3 Å². The molecule has 0 amide bonds. The summed E-state index contributed by atoms with van der Waals surface area (Å²) in [5.41, 5.74) is 0.442. The van der Waals surface area contributed by atoms with Gasteiger partial charge in [-0.1, -0.05) is 13.3 Å². The molecule has 0 aromatic carbocycles. The van der Waals surface area contributed by atoms with E-state index < -0.39 is 9.28 Å². The molecule has 3 atom stereocenters. The molecule has 4 nitrogen and oxygen atoms in total. The van der Waals surface area contributed by atoms with Crippen LogP contribution in [0.5, 0.6) is 0 Å². The highest BCUT2D eigenvalue weighted by molar-refractivity contribution is 6.46. The first kappa shape index (κ1) is 15.1. The molecular weight excluding hydrogens is 236 g/mol. The van der Waals surface area contributed by atoms with Gasteiger partial charge in [-0.25, -0.2) is 0 Å². The summed E-state index contributed by atoms with van der Waals surface area (Å²) in [6.45, 7) is 5.95. The van der Waals surface area contributed by atoms with Gasteiger partial charge in [-0.2, -0.15) is 0 Å². The van der Waals surface area contributed by atoms with E-state index in [1.165, 1.54) is 0 Å². The van der Waals surface area contributed by atoms with E-state index in [0.29, 0.717) is 11.6 Å². The summed E-state index contributed by atoms with van der Waals surface area (Å²) in [6, 6.07) is 0. The van der Waals surface area contributed by atoms with Crippen LogP contribution in [0.3, 0.4) is 0 Å². The molecule has 1 fully saturated rings. The lowest BCUT2D eigenvalue weighted by molar-refractivity contribution is 0.0466. The average molecular weight is 262 g/mol. The van der Waals surface area contributed by atoms with Gasteiger partial charge in [-0.3, -0.25) is 0 Å². The summed E-state index contributed by atoms with van der Waals surface area (Å²) in [5, 5.41) is 0. The number of rotatable bonds is 10. The van der Waals surface area contributed by atoms with Gasteiger partial charge in [0.2, 0.25) is 0 Å². The second kappa shape index (κ2) is 8.21. The van der Waals surface area contributed by atoms with Crippen molar-refractivity contribution in [3.8, 4) is 0 Å². The smallest absolute Gasteiger partial charge is 0.326 e. The maximum absolute atomic E-state index is 5.89. The van der Waals surface area contributed by atoms with E-state index in [4.69, 9.17) is 18.3 Å². The third-order valence-electron chi connectivity index (χ3n) is 3.10. The lowest BCUT2D eigenvalue weighted by Crippen LogP contribution is -2.30. The normalized spacial score (nSPS) is 22.8. The monoisotopic (exact) mass is 262 g/mol. The van der Waals surface area contributed by atoms with Crippen LogP contribution in [0.15, 0.2) is 0 Å². The Hall–Kier alpha value is 0.0569. The molecule has 0 N–H and O–H groups in total. The molecular formula is C12H26O4Si. The third kappa shape index (κ3) is 5.97. The second-order valence-electron chi connectivity index (χ2n) is 4.72. The Morgan fingerprint density at radius 2 is 2.00 bits per heavy atom. The van der Waals surface area contributed by atoms with E-state index in [-0.39, 0.29) is 6.10 Å². The summed E-state index contributed by atoms with van der Waals surface area (Å²) in [7, 11) is 1.92. The highest BCUT2D eigenvalue weighted by Crippen LogP contribution is 2.22. The molecule has 0 aromatic rings. The van der Waals surface area contributed by atoms with Crippen molar-refractivity contribution in [1.29, 1.82) is 0 Å². The molecule has 0 spiro atoms. The van der Waals surface area contributed by atoms with Crippen LogP contribution in [0.2, 0.25) is 5.54 Å². The van der Waals surface area contributed by atoms with Gasteiger partial charge in [0.25, 0.3) is 0 Å². The Morgan fingerprint density at radius 3 is 2.47 bits per heavy atom. The van der Waals surface area contributed by atoms with Gasteiger partial charge in [0.05, 0.1) is 25.4 Å². The van der Waals surface area contributed by atoms with Crippen molar-refractivity contribution >= 4 is 9.28 Å². The Balaban J connectivity index is 2.25. The van der Waals surface area contributed by atoms with Gasteiger partial charge in [-0.05, 0) is 13.3 Å². The maximum Gasteiger partial charge on any atom is 0.326 e. The predicted molar refractivity (Wildman–Crippen MR) is 69.6 cm³/mol. The van der Waals surface area contributed by atoms with Crippen molar-refractivity contribution < 1.29 is 18.3 Å². The van der Waals surface area contributed by atoms with Crippen molar-refractivity contribution in [2.24, 2.45) is 0 Å². The van der Waals surface area contributed by atoms with Gasteiger partial charge >= 0.3 is 9.28 Å². The van der Waals surface area contributed by atoms with Crippen LogP contribution in [0.4, 0.5) is 0 Å². The minimum Gasteiger partial charge on any atom is -0.400 e. The van der Waals surface area contributed by atoms with Crippen LogP contribution in [0, 0.1) is 0 Å². The van der Waals surface area contributed by atoms with Crippen molar-refractivity contribution in [2.45, 2.75) is 50.9 Å². The number of epoxide rings is 1. The quantitative estimate of drug-likeness (QED) is 0.445. The van der Waals surface area contributed by atoms with Crippen LogP contribution < -0.4 is 0 Å². The number of hydrogen-bond donors (Lipinski definition) is 0. The highest BCUT2D eigenvalue weighted by Gasteiger charge is 2.28. The Morgan fingerprint density at radius 1 is 1.35 bits per heavy atom. The fourth-order valence-electron chi connectivity index (χ4n) is 2.08. The second-order valence-corrected chi connectivity index (χ2v) is 7.35. The third-order valence-corrected chi connectivity index (χ3v) is 5.33. The summed E-state index contributed by atoms with van der Waals surface area (Å²) in [5.74, 6) is 0.